The first-order chi connectivity index (χ1) is 11.6. The molecule has 126 valence electrons. The third-order valence-corrected chi connectivity index (χ3v) is 6.32. The summed E-state index contributed by atoms with van der Waals surface area (Å²) in [5.41, 5.74) is 8.65. The van der Waals surface area contributed by atoms with Crippen molar-refractivity contribution in [3.05, 3.63) is 58.7 Å². The number of aryl methyl sites for hydroxylation is 3. The van der Waals surface area contributed by atoms with E-state index in [9.17, 15) is 0 Å². The predicted molar refractivity (Wildman–Crippen MR) is 103 cm³/mol. The van der Waals surface area contributed by atoms with Crippen LogP contribution in [0, 0.1) is 13.8 Å². The molecule has 1 nitrogen and oxygen atoms in total. The largest absolute Gasteiger partial charge is 0.297 e. The molecule has 0 N–H and O–H groups in total. The van der Waals surface area contributed by atoms with Gasteiger partial charge in [0.2, 0.25) is 0 Å². The minimum atomic E-state index is 0.766. The Morgan fingerprint density at radius 1 is 0.875 bits per heavy atom. The molecule has 1 aliphatic carbocycles. The van der Waals surface area contributed by atoms with Gasteiger partial charge in [0.05, 0.1) is 0 Å². The van der Waals surface area contributed by atoms with Crippen LogP contribution in [0.5, 0.6) is 0 Å². The predicted octanol–water partition coefficient (Wildman–Crippen LogP) is 5.31. The monoisotopic (exact) mass is 319 g/mol. The summed E-state index contributed by atoms with van der Waals surface area (Å²) in [5.74, 6) is 0. The lowest BCUT2D eigenvalue weighted by molar-refractivity contribution is 0.174. The highest BCUT2D eigenvalue weighted by Crippen LogP contribution is 2.32. The second kappa shape index (κ2) is 6.37. The van der Waals surface area contributed by atoms with Crippen molar-refractivity contribution in [1.82, 2.24) is 4.90 Å². The van der Waals surface area contributed by atoms with Crippen LogP contribution in [0.25, 0.3) is 11.1 Å². The van der Waals surface area contributed by atoms with Crippen LogP contribution in [0.15, 0.2) is 36.4 Å². The van der Waals surface area contributed by atoms with E-state index < -0.39 is 0 Å². The number of hydrogen-bond donors (Lipinski definition) is 0. The van der Waals surface area contributed by atoms with Crippen LogP contribution < -0.4 is 0 Å². The molecule has 2 aliphatic rings. The van der Waals surface area contributed by atoms with Gasteiger partial charge in [-0.1, -0.05) is 36.4 Å². The highest BCUT2D eigenvalue weighted by molar-refractivity contribution is 5.66. The van der Waals surface area contributed by atoms with Crippen molar-refractivity contribution in [1.29, 1.82) is 0 Å². The maximum atomic E-state index is 2.76. The zero-order valence-corrected chi connectivity index (χ0v) is 15.3. The first kappa shape index (κ1) is 15.9. The smallest absolute Gasteiger partial charge is 0.0142 e. The summed E-state index contributed by atoms with van der Waals surface area (Å²) >= 11 is 0. The molecule has 0 aromatic heterocycles. The summed E-state index contributed by atoms with van der Waals surface area (Å²) in [6, 6.07) is 15.6. The van der Waals surface area contributed by atoms with Crippen molar-refractivity contribution in [2.75, 3.05) is 6.54 Å². The van der Waals surface area contributed by atoms with Crippen molar-refractivity contribution in [2.45, 2.75) is 65.0 Å². The van der Waals surface area contributed by atoms with E-state index in [-0.39, 0.29) is 0 Å². The summed E-state index contributed by atoms with van der Waals surface area (Å²) in [6.07, 6.45) is 6.58. The van der Waals surface area contributed by atoms with Gasteiger partial charge in [0, 0.05) is 12.1 Å². The van der Waals surface area contributed by atoms with Gasteiger partial charge in [0.25, 0.3) is 0 Å². The van der Waals surface area contributed by atoms with E-state index in [1.54, 1.807) is 11.1 Å². The van der Waals surface area contributed by atoms with Gasteiger partial charge in [-0.05, 0) is 92.8 Å². The van der Waals surface area contributed by atoms with Crippen LogP contribution >= 0.6 is 0 Å². The molecule has 24 heavy (non-hydrogen) atoms. The summed E-state index contributed by atoms with van der Waals surface area (Å²) < 4.78 is 0. The van der Waals surface area contributed by atoms with Crippen molar-refractivity contribution in [2.24, 2.45) is 0 Å². The van der Waals surface area contributed by atoms with Crippen LogP contribution in [0.4, 0.5) is 0 Å². The molecule has 1 heterocycles. The first-order valence-electron chi connectivity index (χ1n) is 9.57. The fourth-order valence-corrected chi connectivity index (χ4v) is 4.62. The second-order valence-electron chi connectivity index (χ2n) is 7.91. The van der Waals surface area contributed by atoms with E-state index in [1.165, 1.54) is 60.9 Å². The van der Waals surface area contributed by atoms with Crippen molar-refractivity contribution in [3.63, 3.8) is 0 Å². The van der Waals surface area contributed by atoms with Crippen LogP contribution in [0.2, 0.25) is 0 Å². The van der Waals surface area contributed by atoms with E-state index in [2.05, 4.69) is 62.1 Å². The van der Waals surface area contributed by atoms with Crippen LogP contribution in [-0.4, -0.2) is 23.5 Å². The highest BCUT2D eigenvalue weighted by atomic mass is 15.2. The Balaban J connectivity index is 1.57. The van der Waals surface area contributed by atoms with Gasteiger partial charge in [0.1, 0.15) is 0 Å². The normalized spacial score (nSPS) is 24.1. The molecule has 1 fully saturated rings. The molecule has 2 unspecified atom stereocenters. The maximum absolute atomic E-state index is 2.76. The first-order valence-corrected chi connectivity index (χ1v) is 9.57. The van der Waals surface area contributed by atoms with Gasteiger partial charge in [-0.15, -0.1) is 0 Å². The molecule has 1 aliphatic heterocycles. The number of rotatable bonds is 2. The molecular weight excluding hydrogens is 290 g/mol. The lowest BCUT2D eigenvalue weighted by Crippen LogP contribution is -2.41. The number of hydrogen-bond acceptors (Lipinski definition) is 1. The molecule has 4 rings (SSSR count). The molecule has 0 amide bonds. The zero-order valence-electron chi connectivity index (χ0n) is 15.3. The summed E-state index contributed by atoms with van der Waals surface area (Å²) in [4.78, 5) is 2.76. The van der Waals surface area contributed by atoms with E-state index in [1.807, 2.05) is 0 Å². The molecule has 0 radical (unpaired) electrons. The quantitative estimate of drug-likeness (QED) is 0.725. The molecule has 0 bridgehead atoms. The number of benzene rings is 2. The van der Waals surface area contributed by atoms with Gasteiger partial charge in [-0.2, -0.15) is 0 Å². The van der Waals surface area contributed by atoms with Crippen molar-refractivity contribution in [3.8, 4) is 11.1 Å². The lowest BCUT2D eigenvalue weighted by Gasteiger charge is -2.35. The topological polar surface area (TPSA) is 3.24 Å². The fourth-order valence-electron chi connectivity index (χ4n) is 4.62. The average molecular weight is 319 g/mol. The SMILES string of the molecule is Cc1ccc(-c2ccc3c(c2)CCC(N2CCCC2C)C3)cc1C. The Kier molecular flexibility index (Phi) is 4.22. The Morgan fingerprint density at radius 3 is 2.42 bits per heavy atom. The van der Waals surface area contributed by atoms with Gasteiger partial charge < -0.3 is 0 Å². The highest BCUT2D eigenvalue weighted by Gasteiger charge is 2.30. The standard InChI is InChI=1S/C23H29N/c1-16-6-7-19(13-17(16)2)20-8-9-22-15-23(11-10-21(22)14-20)24-12-4-5-18(24)3/h6-9,13-14,18,23H,4-5,10-12,15H2,1-3H3. The van der Waals surface area contributed by atoms with Crippen LogP contribution in [0.1, 0.15) is 48.4 Å². The van der Waals surface area contributed by atoms with E-state index >= 15 is 0 Å². The number of likely N-dealkylation sites (tertiary alicyclic amines) is 1. The van der Waals surface area contributed by atoms with Crippen LogP contribution in [0.3, 0.4) is 0 Å². The average Bonchev–Trinajstić information content (AvgIpc) is 3.02. The lowest BCUT2D eigenvalue weighted by atomic mass is 9.85. The van der Waals surface area contributed by atoms with E-state index in [0.717, 1.165) is 12.1 Å². The van der Waals surface area contributed by atoms with Gasteiger partial charge in [-0.25, -0.2) is 0 Å². The minimum Gasteiger partial charge on any atom is -0.297 e. The Hall–Kier alpha value is -1.60. The minimum absolute atomic E-state index is 0.766. The zero-order chi connectivity index (χ0) is 16.7. The third-order valence-electron chi connectivity index (χ3n) is 6.32. The van der Waals surface area contributed by atoms with E-state index in [0.29, 0.717) is 0 Å². The van der Waals surface area contributed by atoms with Gasteiger partial charge in [-0.3, -0.25) is 4.90 Å². The second-order valence-corrected chi connectivity index (χ2v) is 7.91. The van der Waals surface area contributed by atoms with Crippen LogP contribution in [-0.2, 0) is 12.8 Å². The molecule has 2 atom stereocenters. The van der Waals surface area contributed by atoms with E-state index in [4.69, 9.17) is 0 Å². The molecular formula is C23H29N. The molecule has 0 spiro atoms. The van der Waals surface area contributed by atoms with Gasteiger partial charge >= 0.3 is 0 Å². The molecule has 2 aromatic rings. The Labute approximate surface area is 146 Å². The summed E-state index contributed by atoms with van der Waals surface area (Å²) in [7, 11) is 0. The van der Waals surface area contributed by atoms with Gasteiger partial charge in [0.15, 0.2) is 0 Å². The summed E-state index contributed by atoms with van der Waals surface area (Å²) in [6.45, 7) is 8.11. The van der Waals surface area contributed by atoms with Crippen molar-refractivity contribution < 1.29 is 0 Å². The number of fused-ring (bicyclic) bond motifs is 1. The van der Waals surface area contributed by atoms with Crippen molar-refractivity contribution >= 4 is 0 Å². The Morgan fingerprint density at radius 2 is 1.67 bits per heavy atom. The fraction of sp³-hybridized carbons (Fsp3) is 0.478. The third kappa shape index (κ3) is 2.91. The Bertz CT molecular complexity index is 746. The number of nitrogens with zero attached hydrogens (tertiary/aromatic N) is 1. The molecule has 2 aromatic carbocycles. The molecule has 1 saturated heterocycles. The summed E-state index contributed by atoms with van der Waals surface area (Å²) in [5, 5.41) is 0. The maximum Gasteiger partial charge on any atom is 0.0142 e. The molecule has 0 saturated carbocycles. The molecule has 1 heteroatoms.